The highest BCUT2D eigenvalue weighted by molar-refractivity contribution is 5.85. The second kappa shape index (κ2) is 6.61. The molecule has 0 radical (unpaired) electrons. The Hall–Kier alpha value is -3.45. The number of aromatic amines is 1. The Kier molecular flexibility index (Phi) is 3.95. The lowest BCUT2D eigenvalue weighted by Gasteiger charge is -2.07. The topological polar surface area (TPSA) is 66.5 Å². The van der Waals surface area contributed by atoms with Crippen LogP contribution in [0, 0.1) is 11.6 Å². The average Bonchev–Trinajstić information content (AvgIpc) is 3.41. The smallest absolute Gasteiger partial charge is 0.159 e. The van der Waals surface area contributed by atoms with E-state index in [4.69, 9.17) is 4.98 Å². The number of hydrogen-bond acceptors (Lipinski definition) is 4. The summed E-state index contributed by atoms with van der Waals surface area (Å²) < 4.78 is 26.9. The lowest BCUT2D eigenvalue weighted by molar-refractivity contribution is 0.509. The zero-order valence-electron chi connectivity index (χ0n) is 14.7. The van der Waals surface area contributed by atoms with Crippen LogP contribution in [0.5, 0.6) is 0 Å². The lowest BCUT2D eigenvalue weighted by atomic mass is 10.0. The van der Waals surface area contributed by atoms with Gasteiger partial charge in [0, 0.05) is 30.4 Å². The molecule has 0 saturated heterocycles. The van der Waals surface area contributed by atoms with Gasteiger partial charge >= 0.3 is 0 Å². The van der Waals surface area contributed by atoms with Crippen LogP contribution >= 0.6 is 0 Å². The number of halogens is 2. The third kappa shape index (κ3) is 2.86. The van der Waals surface area contributed by atoms with Gasteiger partial charge in [-0.25, -0.2) is 13.8 Å². The highest BCUT2D eigenvalue weighted by Crippen LogP contribution is 2.31. The predicted octanol–water partition coefficient (Wildman–Crippen LogP) is 3.95. The minimum atomic E-state index is -0.906. The first-order chi connectivity index (χ1) is 13.7. The van der Waals surface area contributed by atoms with E-state index in [0.29, 0.717) is 22.5 Å². The van der Waals surface area contributed by atoms with E-state index in [1.165, 1.54) is 11.6 Å². The number of aromatic nitrogens is 4. The Morgan fingerprint density at radius 1 is 0.893 bits per heavy atom. The van der Waals surface area contributed by atoms with E-state index in [-0.39, 0.29) is 0 Å². The molecule has 1 aromatic carbocycles. The second-order valence-electron chi connectivity index (χ2n) is 6.61. The molecule has 0 aliphatic carbocycles. The van der Waals surface area contributed by atoms with E-state index in [1.807, 2.05) is 24.4 Å². The summed E-state index contributed by atoms with van der Waals surface area (Å²) >= 11 is 0. The van der Waals surface area contributed by atoms with Crippen molar-refractivity contribution < 1.29 is 8.78 Å². The van der Waals surface area contributed by atoms with Gasteiger partial charge in [-0.05, 0) is 47.5 Å². The standard InChI is InChI=1S/C21H15F2N5/c22-16-2-1-12(7-17(16)23)21-15(11-26-28-21)18-3-4-19-20(27-18)8-14(10-25-19)13-5-6-24-9-13/h1-5,7-8,10-11,24H,6,9H2,(H,26,28). The van der Waals surface area contributed by atoms with Crippen LogP contribution in [0.25, 0.3) is 39.1 Å². The van der Waals surface area contributed by atoms with Gasteiger partial charge in [0.1, 0.15) is 0 Å². The average molecular weight is 375 g/mol. The van der Waals surface area contributed by atoms with Crippen LogP contribution in [0.4, 0.5) is 8.78 Å². The van der Waals surface area contributed by atoms with Gasteiger partial charge in [-0.3, -0.25) is 10.1 Å². The Morgan fingerprint density at radius 2 is 1.82 bits per heavy atom. The molecule has 7 heteroatoms. The zero-order chi connectivity index (χ0) is 19.1. The summed E-state index contributed by atoms with van der Waals surface area (Å²) in [6, 6.07) is 9.51. The van der Waals surface area contributed by atoms with E-state index in [0.717, 1.165) is 41.8 Å². The summed E-state index contributed by atoms with van der Waals surface area (Å²) in [5, 5.41) is 10.2. The van der Waals surface area contributed by atoms with Crippen LogP contribution in [-0.4, -0.2) is 33.3 Å². The zero-order valence-corrected chi connectivity index (χ0v) is 14.7. The van der Waals surface area contributed by atoms with Crippen molar-refractivity contribution in [2.24, 2.45) is 0 Å². The summed E-state index contributed by atoms with van der Waals surface area (Å²) in [7, 11) is 0. The molecule has 0 fully saturated rings. The number of nitrogens with zero attached hydrogens (tertiary/aromatic N) is 3. The third-order valence-corrected chi connectivity index (χ3v) is 4.84. The number of nitrogens with one attached hydrogen (secondary N) is 2. The van der Waals surface area contributed by atoms with Crippen LogP contribution in [0.1, 0.15) is 5.56 Å². The molecule has 2 N–H and O–H groups in total. The van der Waals surface area contributed by atoms with Gasteiger partial charge in [0.25, 0.3) is 0 Å². The second-order valence-corrected chi connectivity index (χ2v) is 6.61. The number of hydrogen-bond donors (Lipinski definition) is 2. The molecule has 4 heterocycles. The van der Waals surface area contributed by atoms with Crippen LogP contribution < -0.4 is 5.32 Å². The molecule has 0 unspecified atom stereocenters. The van der Waals surface area contributed by atoms with Crippen molar-refractivity contribution in [3.05, 3.63) is 72.1 Å². The van der Waals surface area contributed by atoms with Gasteiger partial charge in [-0.1, -0.05) is 6.08 Å². The molecular formula is C21H15F2N5. The molecule has 0 atom stereocenters. The summed E-state index contributed by atoms with van der Waals surface area (Å²) in [5.41, 5.74) is 6.26. The van der Waals surface area contributed by atoms with Crippen molar-refractivity contribution in [2.75, 3.05) is 13.1 Å². The van der Waals surface area contributed by atoms with E-state index in [1.54, 1.807) is 6.20 Å². The van der Waals surface area contributed by atoms with Gasteiger partial charge in [0.05, 0.1) is 28.6 Å². The molecule has 0 bridgehead atoms. The maximum absolute atomic E-state index is 13.7. The molecule has 0 saturated carbocycles. The molecule has 28 heavy (non-hydrogen) atoms. The van der Waals surface area contributed by atoms with Gasteiger partial charge in [0.15, 0.2) is 11.6 Å². The van der Waals surface area contributed by atoms with Gasteiger partial charge in [-0.15, -0.1) is 0 Å². The van der Waals surface area contributed by atoms with Gasteiger partial charge in [-0.2, -0.15) is 5.10 Å². The Bertz CT molecular complexity index is 1230. The first-order valence-corrected chi connectivity index (χ1v) is 8.85. The summed E-state index contributed by atoms with van der Waals surface area (Å²) in [6.45, 7) is 1.67. The number of benzene rings is 1. The fraction of sp³-hybridized carbons (Fsp3) is 0.0952. The van der Waals surface area contributed by atoms with Crippen molar-refractivity contribution in [3.8, 4) is 22.5 Å². The Balaban J connectivity index is 1.60. The van der Waals surface area contributed by atoms with Crippen LogP contribution in [0.2, 0.25) is 0 Å². The summed E-state index contributed by atoms with van der Waals surface area (Å²) in [6.07, 6.45) is 5.63. The molecule has 5 rings (SSSR count). The molecule has 138 valence electrons. The van der Waals surface area contributed by atoms with Crippen molar-refractivity contribution in [3.63, 3.8) is 0 Å². The molecule has 4 aromatic rings. The number of pyridine rings is 2. The number of fused-ring (bicyclic) bond motifs is 1. The first-order valence-electron chi connectivity index (χ1n) is 8.85. The van der Waals surface area contributed by atoms with Gasteiger partial charge < -0.3 is 5.32 Å². The molecule has 1 aliphatic heterocycles. The van der Waals surface area contributed by atoms with E-state index >= 15 is 0 Å². The molecule has 3 aromatic heterocycles. The van der Waals surface area contributed by atoms with Crippen molar-refractivity contribution in [2.45, 2.75) is 0 Å². The lowest BCUT2D eigenvalue weighted by Crippen LogP contribution is -2.07. The molecule has 0 amide bonds. The van der Waals surface area contributed by atoms with Gasteiger partial charge in [0.2, 0.25) is 0 Å². The Labute approximate surface area is 159 Å². The largest absolute Gasteiger partial charge is 0.309 e. The highest BCUT2D eigenvalue weighted by Gasteiger charge is 2.15. The fourth-order valence-corrected chi connectivity index (χ4v) is 3.38. The van der Waals surface area contributed by atoms with E-state index in [9.17, 15) is 8.78 Å². The molecular weight excluding hydrogens is 360 g/mol. The van der Waals surface area contributed by atoms with Crippen LogP contribution in [0.15, 0.2) is 54.9 Å². The molecule has 5 nitrogen and oxygen atoms in total. The van der Waals surface area contributed by atoms with E-state index in [2.05, 4.69) is 26.6 Å². The van der Waals surface area contributed by atoms with Crippen molar-refractivity contribution >= 4 is 16.6 Å². The molecule has 1 aliphatic rings. The van der Waals surface area contributed by atoms with Crippen LogP contribution in [-0.2, 0) is 0 Å². The minimum absolute atomic E-state index is 0.502. The Morgan fingerprint density at radius 3 is 2.64 bits per heavy atom. The first kappa shape index (κ1) is 16.7. The van der Waals surface area contributed by atoms with Crippen LogP contribution in [0.3, 0.4) is 0 Å². The maximum Gasteiger partial charge on any atom is 0.159 e. The molecule has 0 spiro atoms. The maximum atomic E-state index is 13.7. The van der Waals surface area contributed by atoms with Crippen molar-refractivity contribution in [1.29, 1.82) is 0 Å². The number of rotatable bonds is 3. The highest BCUT2D eigenvalue weighted by atomic mass is 19.2. The monoisotopic (exact) mass is 375 g/mol. The third-order valence-electron chi connectivity index (χ3n) is 4.84. The minimum Gasteiger partial charge on any atom is -0.309 e. The summed E-state index contributed by atoms with van der Waals surface area (Å²) in [5.74, 6) is -1.79. The van der Waals surface area contributed by atoms with Crippen molar-refractivity contribution in [1.82, 2.24) is 25.5 Å². The number of H-pyrrole nitrogens is 1. The fourth-order valence-electron chi connectivity index (χ4n) is 3.38. The summed E-state index contributed by atoms with van der Waals surface area (Å²) in [4.78, 5) is 9.24. The predicted molar refractivity (Wildman–Crippen MR) is 103 cm³/mol. The quantitative estimate of drug-likeness (QED) is 0.569. The normalized spacial score (nSPS) is 13.9. The SMILES string of the molecule is Fc1ccc(-c2[nH]ncc2-c2ccc3ncc(C4=CCNC4)cc3n2)cc1F. The van der Waals surface area contributed by atoms with E-state index < -0.39 is 11.6 Å².